The Morgan fingerprint density at radius 2 is 2.20 bits per heavy atom. The molecule has 0 aliphatic carbocycles. The number of hydrogen-bond donors (Lipinski definition) is 1. The number of piperazine rings is 1. The lowest BCUT2D eigenvalue weighted by atomic mass is 10.0. The minimum atomic E-state index is 0.207. The number of rotatable bonds is 4. The number of likely N-dealkylation sites (N-methyl/N-ethyl adjacent to an activating group) is 1. The number of benzene rings is 1. The lowest BCUT2D eigenvalue weighted by Gasteiger charge is -2.43. The molecule has 1 aromatic carbocycles. The third-order valence-electron chi connectivity index (χ3n) is 4.27. The average molecular weight is 361 g/mol. The Bertz CT molecular complexity index is 455. The van der Waals surface area contributed by atoms with E-state index in [-0.39, 0.29) is 6.04 Å². The van der Waals surface area contributed by atoms with E-state index in [1.165, 1.54) is 6.42 Å². The minimum Gasteiger partial charge on any atom is -0.329 e. The highest BCUT2D eigenvalue weighted by molar-refractivity contribution is 9.10. The Labute approximate surface area is 135 Å². The van der Waals surface area contributed by atoms with Crippen molar-refractivity contribution in [3.8, 4) is 0 Å². The molecule has 2 rings (SSSR count). The first kappa shape index (κ1) is 16.2. The third-order valence-corrected chi connectivity index (χ3v) is 5.09. The van der Waals surface area contributed by atoms with E-state index in [2.05, 4.69) is 45.8 Å². The molecule has 1 aliphatic rings. The molecule has 0 bridgehead atoms. The van der Waals surface area contributed by atoms with Crippen LogP contribution >= 0.6 is 27.5 Å². The predicted molar refractivity (Wildman–Crippen MR) is 89.2 cm³/mol. The van der Waals surface area contributed by atoms with Crippen LogP contribution < -0.4 is 5.73 Å². The minimum absolute atomic E-state index is 0.207. The van der Waals surface area contributed by atoms with Gasteiger partial charge in [0.05, 0.1) is 0 Å². The van der Waals surface area contributed by atoms with Gasteiger partial charge >= 0.3 is 0 Å². The maximum absolute atomic E-state index is 6.40. The quantitative estimate of drug-likeness (QED) is 0.895. The summed E-state index contributed by atoms with van der Waals surface area (Å²) in [5.41, 5.74) is 7.17. The van der Waals surface area contributed by atoms with E-state index in [0.29, 0.717) is 12.6 Å². The molecule has 1 aromatic rings. The van der Waals surface area contributed by atoms with Crippen molar-refractivity contribution >= 4 is 27.5 Å². The molecule has 2 atom stereocenters. The Balaban J connectivity index is 2.19. The Hall–Kier alpha value is -0.130. The summed E-state index contributed by atoms with van der Waals surface area (Å²) in [6, 6.07) is 6.89. The van der Waals surface area contributed by atoms with Crippen molar-refractivity contribution in [2.24, 2.45) is 5.73 Å². The van der Waals surface area contributed by atoms with Crippen molar-refractivity contribution in [1.29, 1.82) is 0 Å². The molecule has 0 amide bonds. The summed E-state index contributed by atoms with van der Waals surface area (Å²) in [4.78, 5) is 4.91. The molecule has 2 unspecified atom stereocenters. The number of halogens is 2. The molecule has 3 nitrogen and oxygen atoms in total. The predicted octanol–water partition coefficient (Wildman–Crippen LogP) is 3.13. The summed E-state index contributed by atoms with van der Waals surface area (Å²) < 4.78 is 1.01. The molecular formula is C15H23BrClN3. The van der Waals surface area contributed by atoms with Gasteiger partial charge in [0, 0.05) is 47.8 Å². The molecule has 112 valence electrons. The third kappa shape index (κ3) is 3.55. The van der Waals surface area contributed by atoms with Crippen LogP contribution in [0.1, 0.15) is 24.9 Å². The van der Waals surface area contributed by atoms with Gasteiger partial charge in [-0.3, -0.25) is 4.90 Å². The van der Waals surface area contributed by atoms with Crippen LogP contribution in [0.25, 0.3) is 0 Å². The summed E-state index contributed by atoms with van der Waals surface area (Å²) in [7, 11) is 2.20. The largest absolute Gasteiger partial charge is 0.329 e. The molecule has 0 spiro atoms. The van der Waals surface area contributed by atoms with Gasteiger partial charge in [-0.15, -0.1) is 0 Å². The lowest BCUT2D eigenvalue weighted by molar-refractivity contribution is 0.0644. The molecule has 1 aliphatic heterocycles. The van der Waals surface area contributed by atoms with Gasteiger partial charge in [0.1, 0.15) is 0 Å². The van der Waals surface area contributed by atoms with Gasteiger partial charge in [-0.1, -0.05) is 40.5 Å². The van der Waals surface area contributed by atoms with Gasteiger partial charge in [-0.2, -0.15) is 0 Å². The van der Waals surface area contributed by atoms with Crippen molar-refractivity contribution in [3.63, 3.8) is 0 Å². The topological polar surface area (TPSA) is 32.5 Å². The van der Waals surface area contributed by atoms with Crippen LogP contribution in [0.3, 0.4) is 0 Å². The Morgan fingerprint density at radius 1 is 1.45 bits per heavy atom. The van der Waals surface area contributed by atoms with Crippen LogP contribution in [0.2, 0.25) is 5.02 Å². The molecule has 20 heavy (non-hydrogen) atoms. The number of nitrogens with zero attached hydrogens (tertiary/aromatic N) is 2. The first-order valence-corrected chi connectivity index (χ1v) is 8.33. The highest BCUT2D eigenvalue weighted by Gasteiger charge is 2.29. The second-order valence-electron chi connectivity index (χ2n) is 5.45. The van der Waals surface area contributed by atoms with Crippen LogP contribution in [0.15, 0.2) is 22.7 Å². The summed E-state index contributed by atoms with van der Waals surface area (Å²) in [5, 5.41) is 0.793. The van der Waals surface area contributed by atoms with Gasteiger partial charge < -0.3 is 10.6 Å². The number of hydrogen-bond acceptors (Lipinski definition) is 3. The first-order valence-electron chi connectivity index (χ1n) is 7.16. The first-order chi connectivity index (χ1) is 9.56. The van der Waals surface area contributed by atoms with E-state index in [9.17, 15) is 0 Å². The van der Waals surface area contributed by atoms with E-state index in [1.807, 2.05) is 12.1 Å². The van der Waals surface area contributed by atoms with E-state index in [1.54, 1.807) is 0 Å². The zero-order chi connectivity index (χ0) is 14.7. The normalized spacial score (nSPS) is 22.9. The fourth-order valence-corrected chi connectivity index (χ4v) is 3.74. The maximum atomic E-state index is 6.40. The summed E-state index contributed by atoms with van der Waals surface area (Å²) in [5.74, 6) is 0. The van der Waals surface area contributed by atoms with Gasteiger partial charge in [0.2, 0.25) is 0 Å². The van der Waals surface area contributed by atoms with Crippen LogP contribution in [0.4, 0.5) is 0 Å². The molecule has 1 fully saturated rings. The van der Waals surface area contributed by atoms with Crippen molar-refractivity contribution in [3.05, 3.63) is 33.3 Å². The number of nitrogens with two attached hydrogens (primary N) is 1. The van der Waals surface area contributed by atoms with E-state index < -0.39 is 0 Å². The van der Waals surface area contributed by atoms with Gasteiger partial charge in [-0.25, -0.2) is 0 Å². The Morgan fingerprint density at radius 3 is 2.80 bits per heavy atom. The fraction of sp³-hybridized carbons (Fsp3) is 0.600. The summed E-state index contributed by atoms with van der Waals surface area (Å²) in [6.07, 6.45) is 1.17. The molecule has 2 N–H and O–H groups in total. The van der Waals surface area contributed by atoms with Gasteiger partial charge in [0.25, 0.3) is 0 Å². The van der Waals surface area contributed by atoms with Crippen molar-refractivity contribution in [2.75, 3.05) is 33.2 Å². The average Bonchev–Trinajstić information content (AvgIpc) is 2.43. The van der Waals surface area contributed by atoms with E-state index in [4.69, 9.17) is 17.3 Å². The second-order valence-corrected chi connectivity index (χ2v) is 6.78. The van der Waals surface area contributed by atoms with Gasteiger partial charge in [0.15, 0.2) is 0 Å². The molecule has 1 saturated heterocycles. The zero-order valence-corrected chi connectivity index (χ0v) is 14.5. The monoisotopic (exact) mass is 359 g/mol. The standard InChI is InChI=1S/C15H23BrClN3/c1-3-12-10-20(7-6-19(12)2)15(9-18)13-5-4-11(16)8-14(13)17/h4-5,8,12,15H,3,6-7,9-10,18H2,1-2H3. The SMILES string of the molecule is CCC1CN(C(CN)c2ccc(Br)cc2Cl)CCN1C. The molecule has 0 radical (unpaired) electrons. The molecular weight excluding hydrogens is 338 g/mol. The smallest absolute Gasteiger partial charge is 0.0486 e. The summed E-state index contributed by atoms with van der Waals surface area (Å²) >= 11 is 9.85. The molecule has 0 aromatic heterocycles. The Kier molecular flexibility index (Phi) is 5.87. The maximum Gasteiger partial charge on any atom is 0.0486 e. The lowest BCUT2D eigenvalue weighted by Crippen LogP contribution is -2.53. The van der Waals surface area contributed by atoms with Crippen LogP contribution in [-0.4, -0.2) is 49.1 Å². The molecule has 5 heteroatoms. The van der Waals surface area contributed by atoms with Crippen molar-refractivity contribution < 1.29 is 0 Å². The van der Waals surface area contributed by atoms with Crippen molar-refractivity contribution in [2.45, 2.75) is 25.4 Å². The van der Waals surface area contributed by atoms with Gasteiger partial charge in [-0.05, 0) is 31.2 Å². The van der Waals surface area contributed by atoms with Crippen molar-refractivity contribution in [1.82, 2.24) is 9.80 Å². The van der Waals surface area contributed by atoms with E-state index >= 15 is 0 Å². The van der Waals surface area contributed by atoms with E-state index in [0.717, 1.165) is 34.7 Å². The summed E-state index contributed by atoms with van der Waals surface area (Å²) in [6.45, 7) is 6.03. The molecule has 1 heterocycles. The van der Waals surface area contributed by atoms with Crippen LogP contribution in [0.5, 0.6) is 0 Å². The molecule has 0 saturated carbocycles. The highest BCUT2D eigenvalue weighted by Crippen LogP contribution is 2.31. The van der Waals surface area contributed by atoms with Crippen LogP contribution in [0, 0.1) is 0 Å². The second kappa shape index (κ2) is 7.23. The fourth-order valence-electron chi connectivity index (χ4n) is 2.94. The van der Waals surface area contributed by atoms with Crippen LogP contribution in [-0.2, 0) is 0 Å². The zero-order valence-electron chi connectivity index (χ0n) is 12.1. The highest BCUT2D eigenvalue weighted by atomic mass is 79.9.